The second kappa shape index (κ2) is 5.42. The van der Waals surface area contributed by atoms with Gasteiger partial charge in [0.25, 0.3) is 0 Å². The van der Waals surface area contributed by atoms with Crippen LogP contribution in [0.5, 0.6) is 5.88 Å². The number of aromatic nitrogens is 1. The molecule has 0 aliphatic heterocycles. The summed E-state index contributed by atoms with van der Waals surface area (Å²) >= 11 is 0. The minimum absolute atomic E-state index is 0.0207. The van der Waals surface area contributed by atoms with Gasteiger partial charge < -0.3 is 10.1 Å². The van der Waals surface area contributed by atoms with Gasteiger partial charge in [-0.25, -0.2) is 0 Å². The van der Waals surface area contributed by atoms with Crippen LogP contribution in [0.1, 0.15) is 11.1 Å². The highest BCUT2D eigenvalue weighted by Gasteiger charge is 2.34. The van der Waals surface area contributed by atoms with E-state index in [0.717, 1.165) is 11.6 Å². The summed E-state index contributed by atoms with van der Waals surface area (Å²) in [5.41, 5.74) is 0.431. The fourth-order valence-electron chi connectivity index (χ4n) is 2.32. The van der Waals surface area contributed by atoms with E-state index in [1.54, 1.807) is 18.2 Å². The van der Waals surface area contributed by atoms with E-state index in [2.05, 4.69) is 15.2 Å². The molecule has 0 saturated carbocycles. The van der Waals surface area contributed by atoms with E-state index in [1.807, 2.05) is 13.0 Å². The van der Waals surface area contributed by atoms with E-state index < -0.39 is 17.6 Å². The predicted octanol–water partition coefficient (Wildman–Crippen LogP) is 5.62. The lowest BCUT2D eigenvalue weighted by atomic mass is 10.1. The van der Waals surface area contributed by atoms with Crippen molar-refractivity contribution in [3.63, 3.8) is 0 Å². The van der Waals surface area contributed by atoms with E-state index >= 15 is 0 Å². The van der Waals surface area contributed by atoms with Gasteiger partial charge in [0, 0.05) is 5.39 Å². The number of rotatable bonds is 2. The number of aryl methyl sites for hydroxylation is 1. The molecule has 0 atom stereocenters. The second-order valence-corrected chi connectivity index (χ2v) is 5.09. The number of fused-ring (bicyclic) bond motifs is 1. The van der Waals surface area contributed by atoms with Gasteiger partial charge in [-0.05, 0) is 30.7 Å². The molecule has 7 heteroatoms. The lowest BCUT2D eigenvalue weighted by molar-refractivity contribution is -0.136. The molecule has 0 bridgehead atoms. The maximum absolute atomic E-state index is 13.0. The number of alkyl halides is 3. The van der Waals surface area contributed by atoms with Crippen molar-refractivity contribution in [1.82, 2.24) is 4.98 Å². The normalized spacial score (nSPS) is 12.3. The number of nitrogens with one attached hydrogen (secondary N) is 1. The van der Waals surface area contributed by atoms with Crippen molar-refractivity contribution in [2.45, 2.75) is 13.1 Å². The number of aromatic hydroxyl groups is 1. The van der Waals surface area contributed by atoms with Crippen LogP contribution in [-0.4, -0.2) is 10.1 Å². The maximum atomic E-state index is 13.0. The largest absolute Gasteiger partial charge is 0.493 e. The molecule has 0 amide bonds. The van der Waals surface area contributed by atoms with Crippen LogP contribution in [0, 0.1) is 6.92 Å². The molecule has 3 aromatic rings. The SMILES string of the molecule is Cc1cccc(N=Nc2c(O)[nH]c3c(C(F)(F)F)cccc23)c1. The highest BCUT2D eigenvalue weighted by molar-refractivity contribution is 5.96. The zero-order valence-corrected chi connectivity index (χ0v) is 12.0. The van der Waals surface area contributed by atoms with Crippen LogP contribution in [-0.2, 0) is 6.18 Å². The van der Waals surface area contributed by atoms with Crippen LogP contribution in [0.15, 0.2) is 52.7 Å². The third kappa shape index (κ3) is 2.90. The first-order valence-corrected chi connectivity index (χ1v) is 6.75. The molecule has 0 unspecified atom stereocenters. The summed E-state index contributed by atoms with van der Waals surface area (Å²) in [6.45, 7) is 1.89. The number of hydrogen-bond donors (Lipinski definition) is 2. The lowest BCUT2D eigenvalue weighted by Crippen LogP contribution is -2.05. The third-order valence-corrected chi connectivity index (χ3v) is 3.36. The lowest BCUT2D eigenvalue weighted by Gasteiger charge is -2.06. The number of H-pyrrole nitrogens is 1. The van der Waals surface area contributed by atoms with Gasteiger partial charge in [-0.2, -0.15) is 18.3 Å². The Morgan fingerprint density at radius 1 is 1.04 bits per heavy atom. The van der Waals surface area contributed by atoms with E-state index in [9.17, 15) is 18.3 Å². The Bertz CT molecular complexity index is 897. The Balaban J connectivity index is 2.10. The van der Waals surface area contributed by atoms with Crippen molar-refractivity contribution >= 4 is 22.3 Å². The zero-order chi connectivity index (χ0) is 16.6. The van der Waals surface area contributed by atoms with E-state index in [0.29, 0.717) is 5.69 Å². The fourth-order valence-corrected chi connectivity index (χ4v) is 2.32. The van der Waals surface area contributed by atoms with Gasteiger partial charge in [-0.1, -0.05) is 24.3 Å². The van der Waals surface area contributed by atoms with Crippen LogP contribution in [0.3, 0.4) is 0 Å². The number of hydrogen-bond acceptors (Lipinski definition) is 3. The monoisotopic (exact) mass is 319 g/mol. The van der Waals surface area contributed by atoms with Crippen molar-refractivity contribution in [2.75, 3.05) is 0 Å². The molecule has 118 valence electrons. The number of nitrogens with zero attached hydrogens (tertiary/aromatic N) is 2. The van der Waals surface area contributed by atoms with Gasteiger partial charge in [-0.15, -0.1) is 5.11 Å². The molecule has 0 radical (unpaired) electrons. The van der Waals surface area contributed by atoms with Crippen molar-refractivity contribution in [2.24, 2.45) is 10.2 Å². The first-order valence-electron chi connectivity index (χ1n) is 6.75. The Morgan fingerprint density at radius 3 is 2.48 bits per heavy atom. The van der Waals surface area contributed by atoms with Crippen LogP contribution in [0.2, 0.25) is 0 Å². The zero-order valence-electron chi connectivity index (χ0n) is 12.0. The molecule has 0 aliphatic rings. The van der Waals surface area contributed by atoms with Gasteiger partial charge in [0.15, 0.2) is 5.69 Å². The van der Waals surface area contributed by atoms with Gasteiger partial charge >= 0.3 is 6.18 Å². The number of aromatic amines is 1. The molecule has 2 N–H and O–H groups in total. The Kier molecular flexibility index (Phi) is 3.55. The van der Waals surface area contributed by atoms with E-state index in [4.69, 9.17) is 0 Å². The van der Waals surface area contributed by atoms with Crippen molar-refractivity contribution in [1.29, 1.82) is 0 Å². The van der Waals surface area contributed by atoms with Crippen molar-refractivity contribution in [3.05, 3.63) is 53.6 Å². The molecular formula is C16H12F3N3O. The van der Waals surface area contributed by atoms with Crippen molar-refractivity contribution < 1.29 is 18.3 Å². The highest BCUT2D eigenvalue weighted by atomic mass is 19.4. The van der Waals surface area contributed by atoms with Crippen LogP contribution in [0.25, 0.3) is 10.9 Å². The number of para-hydroxylation sites is 1. The quantitative estimate of drug-likeness (QED) is 0.592. The summed E-state index contributed by atoms with van der Waals surface area (Å²) in [5.74, 6) is -0.451. The van der Waals surface area contributed by atoms with Gasteiger partial charge in [-0.3, -0.25) is 0 Å². The number of halogens is 3. The molecule has 1 aromatic heterocycles. The average molecular weight is 319 g/mol. The summed E-state index contributed by atoms with van der Waals surface area (Å²) in [4.78, 5) is 2.33. The first-order chi connectivity index (χ1) is 10.9. The minimum Gasteiger partial charge on any atom is -0.493 e. The molecule has 0 spiro atoms. The molecule has 0 saturated heterocycles. The van der Waals surface area contributed by atoms with Gasteiger partial charge in [0.05, 0.1) is 16.8 Å². The van der Waals surface area contributed by atoms with Crippen LogP contribution in [0.4, 0.5) is 24.5 Å². The number of benzene rings is 2. The second-order valence-electron chi connectivity index (χ2n) is 5.09. The van der Waals surface area contributed by atoms with Gasteiger partial charge in [0.2, 0.25) is 5.88 Å². The molecule has 2 aromatic carbocycles. The summed E-state index contributed by atoms with van der Waals surface area (Å²) in [7, 11) is 0. The first kappa shape index (κ1) is 15.1. The van der Waals surface area contributed by atoms with Crippen LogP contribution < -0.4 is 0 Å². The predicted molar refractivity (Wildman–Crippen MR) is 80.3 cm³/mol. The van der Waals surface area contributed by atoms with Gasteiger partial charge in [0.1, 0.15) is 0 Å². The van der Waals surface area contributed by atoms with Crippen LogP contribution >= 0.6 is 0 Å². The minimum atomic E-state index is -4.53. The average Bonchev–Trinajstić information content (AvgIpc) is 2.79. The van der Waals surface area contributed by atoms with E-state index in [-0.39, 0.29) is 16.6 Å². The number of azo groups is 1. The summed E-state index contributed by atoms with van der Waals surface area (Å²) in [6, 6.07) is 10.8. The fraction of sp³-hybridized carbons (Fsp3) is 0.125. The molecular weight excluding hydrogens is 307 g/mol. The van der Waals surface area contributed by atoms with E-state index in [1.165, 1.54) is 12.1 Å². The summed E-state index contributed by atoms with van der Waals surface area (Å²) in [5, 5.41) is 17.9. The topological polar surface area (TPSA) is 60.7 Å². The highest BCUT2D eigenvalue weighted by Crippen LogP contribution is 2.42. The smallest absolute Gasteiger partial charge is 0.418 e. The molecule has 1 heterocycles. The molecule has 4 nitrogen and oxygen atoms in total. The molecule has 0 aliphatic carbocycles. The summed E-state index contributed by atoms with van der Waals surface area (Å²) in [6.07, 6.45) is -4.53. The maximum Gasteiger partial charge on any atom is 0.418 e. The molecule has 0 fully saturated rings. The summed E-state index contributed by atoms with van der Waals surface area (Å²) < 4.78 is 39.0. The van der Waals surface area contributed by atoms with Crippen molar-refractivity contribution in [3.8, 4) is 5.88 Å². The standard InChI is InChI=1S/C16H12F3N3O/c1-9-4-2-5-10(8-9)21-22-14-11-6-3-7-12(16(17,18)19)13(11)20-15(14)23/h2-8,20,23H,1H3. The third-order valence-electron chi connectivity index (χ3n) is 3.36. The Labute approximate surface area is 129 Å². The molecule has 3 rings (SSSR count). The Morgan fingerprint density at radius 2 is 1.78 bits per heavy atom. The molecule has 23 heavy (non-hydrogen) atoms. The Hall–Kier alpha value is -2.83.